The molecule has 0 saturated carbocycles. The minimum Gasteiger partial charge on any atom is -0.322 e. The second-order valence-electron chi connectivity index (χ2n) is 6.61. The van der Waals surface area contributed by atoms with E-state index in [1.165, 1.54) is 27.9 Å². The van der Waals surface area contributed by atoms with Crippen molar-refractivity contribution in [3.8, 4) is 0 Å². The van der Waals surface area contributed by atoms with Crippen molar-refractivity contribution in [2.24, 2.45) is 0 Å². The Morgan fingerprint density at radius 1 is 1.10 bits per heavy atom. The SMILES string of the molecule is O=C(CN1CCN(S(=O)(=O)/C=C/c2ccccc2)CC1)Nc1cc(Cl)ccc1F. The zero-order chi connectivity index (χ0) is 20.9. The Bertz CT molecular complexity index is 991. The second-order valence-corrected chi connectivity index (χ2v) is 8.86. The normalized spacial score (nSPS) is 16.2. The number of nitrogens with zero attached hydrogens (tertiary/aromatic N) is 2. The number of carbonyl (C=O) groups is 1. The summed E-state index contributed by atoms with van der Waals surface area (Å²) in [6.07, 6.45) is 1.56. The monoisotopic (exact) mass is 437 g/mol. The number of sulfonamides is 1. The molecule has 0 spiro atoms. The molecule has 0 unspecified atom stereocenters. The van der Waals surface area contributed by atoms with E-state index in [0.717, 1.165) is 5.56 Å². The van der Waals surface area contributed by atoms with Crippen LogP contribution in [0.2, 0.25) is 5.02 Å². The van der Waals surface area contributed by atoms with E-state index < -0.39 is 15.8 Å². The van der Waals surface area contributed by atoms with Crippen LogP contribution in [0.3, 0.4) is 0 Å². The van der Waals surface area contributed by atoms with Gasteiger partial charge in [-0.3, -0.25) is 9.69 Å². The average molecular weight is 438 g/mol. The third-order valence-corrected chi connectivity index (χ3v) is 6.29. The van der Waals surface area contributed by atoms with Gasteiger partial charge in [0.15, 0.2) is 0 Å². The number of benzene rings is 2. The van der Waals surface area contributed by atoms with Crippen LogP contribution in [-0.2, 0) is 14.8 Å². The molecule has 9 heteroatoms. The predicted molar refractivity (Wildman–Crippen MR) is 112 cm³/mol. The number of carbonyl (C=O) groups excluding carboxylic acids is 1. The topological polar surface area (TPSA) is 69.7 Å². The highest BCUT2D eigenvalue weighted by molar-refractivity contribution is 7.92. The predicted octanol–water partition coefficient (Wildman–Crippen LogP) is 3.04. The first kappa shape index (κ1) is 21.4. The number of hydrogen-bond acceptors (Lipinski definition) is 4. The van der Waals surface area contributed by atoms with Gasteiger partial charge < -0.3 is 5.32 Å². The lowest BCUT2D eigenvalue weighted by Crippen LogP contribution is -2.49. The Balaban J connectivity index is 1.51. The highest BCUT2D eigenvalue weighted by atomic mass is 35.5. The van der Waals surface area contributed by atoms with Crippen molar-refractivity contribution in [1.82, 2.24) is 9.21 Å². The third kappa shape index (κ3) is 6.11. The fraction of sp³-hybridized carbons (Fsp3) is 0.250. The molecule has 0 atom stereocenters. The zero-order valence-corrected chi connectivity index (χ0v) is 17.2. The summed E-state index contributed by atoms with van der Waals surface area (Å²) < 4.78 is 40.1. The van der Waals surface area contributed by atoms with Crippen LogP contribution in [-0.4, -0.2) is 56.3 Å². The molecule has 3 rings (SSSR count). The number of piperazine rings is 1. The first-order chi connectivity index (χ1) is 13.8. The van der Waals surface area contributed by atoms with E-state index in [1.54, 1.807) is 6.08 Å². The summed E-state index contributed by atoms with van der Waals surface area (Å²) >= 11 is 5.82. The maximum Gasteiger partial charge on any atom is 0.238 e. The molecule has 2 aromatic rings. The molecule has 0 bridgehead atoms. The fourth-order valence-corrected chi connectivity index (χ4v) is 4.29. The lowest BCUT2D eigenvalue weighted by molar-refractivity contribution is -0.117. The summed E-state index contributed by atoms with van der Waals surface area (Å²) in [4.78, 5) is 14.0. The van der Waals surface area contributed by atoms with Crippen molar-refractivity contribution in [3.05, 3.63) is 70.3 Å². The fourth-order valence-electron chi connectivity index (χ4n) is 2.94. The van der Waals surface area contributed by atoms with E-state index in [0.29, 0.717) is 18.1 Å². The molecule has 1 heterocycles. The molecule has 0 radical (unpaired) electrons. The van der Waals surface area contributed by atoms with Crippen LogP contribution in [0.25, 0.3) is 6.08 Å². The van der Waals surface area contributed by atoms with Crippen molar-refractivity contribution < 1.29 is 17.6 Å². The molecule has 1 saturated heterocycles. The van der Waals surface area contributed by atoms with Gasteiger partial charge in [-0.05, 0) is 29.8 Å². The van der Waals surface area contributed by atoms with Crippen LogP contribution < -0.4 is 5.32 Å². The standard InChI is InChI=1S/C20H21ClFN3O3S/c21-17-6-7-18(22)19(14-17)23-20(26)15-24-9-11-25(12-10-24)29(27,28)13-8-16-4-2-1-3-5-16/h1-8,13-14H,9-12,15H2,(H,23,26)/b13-8+. The lowest BCUT2D eigenvalue weighted by atomic mass is 10.2. The Morgan fingerprint density at radius 3 is 2.48 bits per heavy atom. The number of hydrogen-bond donors (Lipinski definition) is 1. The molecule has 1 N–H and O–H groups in total. The van der Waals surface area contributed by atoms with Gasteiger partial charge in [0, 0.05) is 36.6 Å². The van der Waals surface area contributed by atoms with E-state index in [4.69, 9.17) is 11.6 Å². The molecule has 6 nitrogen and oxygen atoms in total. The maximum atomic E-state index is 13.7. The number of rotatable bonds is 6. The van der Waals surface area contributed by atoms with Gasteiger partial charge in [-0.25, -0.2) is 12.8 Å². The summed E-state index contributed by atoms with van der Waals surface area (Å²) in [6, 6.07) is 13.1. The average Bonchev–Trinajstić information content (AvgIpc) is 2.70. The summed E-state index contributed by atoms with van der Waals surface area (Å²) in [6.45, 7) is 1.41. The highest BCUT2D eigenvalue weighted by Gasteiger charge is 2.26. The van der Waals surface area contributed by atoms with Crippen LogP contribution in [0.5, 0.6) is 0 Å². The number of nitrogens with one attached hydrogen (secondary N) is 1. The molecule has 0 aliphatic carbocycles. The third-order valence-electron chi connectivity index (χ3n) is 4.49. The largest absolute Gasteiger partial charge is 0.322 e. The van der Waals surface area contributed by atoms with Crippen LogP contribution in [0.15, 0.2) is 53.9 Å². The summed E-state index contributed by atoms with van der Waals surface area (Å²) in [5.41, 5.74) is 0.828. The molecule has 0 aromatic heterocycles. The number of amides is 1. The van der Waals surface area contributed by atoms with Gasteiger partial charge in [0.1, 0.15) is 5.82 Å². The van der Waals surface area contributed by atoms with Gasteiger partial charge in [0.2, 0.25) is 15.9 Å². The van der Waals surface area contributed by atoms with Crippen LogP contribution >= 0.6 is 11.6 Å². The zero-order valence-electron chi connectivity index (χ0n) is 15.6. The molecule has 1 aliphatic heterocycles. The van der Waals surface area contributed by atoms with E-state index in [-0.39, 0.29) is 31.2 Å². The second kappa shape index (κ2) is 9.49. The van der Waals surface area contributed by atoms with Gasteiger partial charge in [-0.2, -0.15) is 4.31 Å². The Hall–Kier alpha value is -2.26. The molecule has 29 heavy (non-hydrogen) atoms. The minimum atomic E-state index is -3.53. The number of anilines is 1. The van der Waals surface area contributed by atoms with Crippen molar-refractivity contribution in [1.29, 1.82) is 0 Å². The molecule has 2 aromatic carbocycles. The van der Waals surface area contributed by atoms with Gasteiger partial charge in [-0.1, -0.05) is 41.9 Å². The highest BCUT2D eigenvalue weighted by Crippen LogP contribution is 2.19. The van der Waals surface area contributed by atoms with E-state index in [1.807, 2.05) is 35.2 Å². The van der Waals surface area contributed by atoms with Crippen LogP contribution in [0, 0.1) is 5.82 Å². The molecule has 1 fully saturated rings. The van der Waals surface area contributed by atoms with Crippen molar-refractivity contribution in [2.45, 2.75) is 0 Å². The Kier molecular flexibility index (Phi) is 7.02. The lowest BCUT2D eigenvalue weighted by Gasteiger charge is -2.32. The van der Waals surface area contributed by atoms with Gasteiger partial charge in [0.25, 0.3) is 0 Å². The molecule has 1 amide bonds. The quantitative estimate of drug-likeness (QED) is 0.754. The summed E-state index contributed by atoms with van der Waals surface area (Å²) in [5, 5.41) is 4.02. The van der Waals surface area contributed by atoms with Crippen LogP contribution in [0.1, 0.15) is 5.56 Å². The molecule has 1 aliphatic rings. The first-order valence-electron chi connectivity index (χ1n) is 9.04. The smallest absolute Gasteiger partial charge is 0.238 e. The van der Waals surface area contributed by atoms with Crippen molar-refractivity contribution in [3.63, 3.8) is 0 Å². The van der Waals surface area contributed by atoms with Crippen molar-refractivity contribution in [2.75, 3.05) is 38.0 Å². The summed E-state index contributed by atoms with van der Waals surface area (Å²) in [7, 11) is -3.53. The van der Waals surface area contributed by atoms with E-state index in [9.17, 15) is 17.6 Å². The van der Waals surface area contributed by atoms with Gasteiger partial charge in [-0.15, -0.1) is 0 Å². The maximum absolute atomic E-state index is 13.7. The Morgan fingerprint density at radius 2 is 1.79 bits per heavy atom. The van der Waals surface area contributed by atoms with E-state index in [2.05, 4.69) is 5.32 Å². The van der Waals surface area contributed by atoms with Gasteiger partial charge >= 0.3 is 0 Å². The first-order valence-corrected chi connectivity index (χ1v) is 10.9. The van der Waals surface area contributed by atoms with Gasteiger partial charge in [0.05, 0.1) is 12.2 Å². The Labute approximate surface area is 174 Å². The van der Waals surface area contributed by atoms with Crippen molar-refractivity contribution >= 4 is 39.3 Å². The van der Waals surface area contributed by atoms with Crippen LogP contribution in [0.4, 0.5) is 10.1 Å². The number of halogens is 2. The molecule has 154 valence electrons. The summed E-state index contributed by atoms with van der Waals surface area (Å²) in [5.74, 6) is -0.949. The molecular formula is C20H21ClFN3O3S. The molecular weight excluding hydrogens is 417 g/mol. The minimum absolute atomic E-state index is 0.0229. The van der Waals surface area contributed by atoms with E-state index >= 15 is 0 Å².